The van der Waals surface area contributed by atoms with Gasteiger partial charge in [-0.1, -0.05) is 0 Å². The van der Waals surface area contributed by atoms with Crippen molar-refractivity contribution in [1.29, 1.82) is 0 Å². The number of hydrogen-bond donors (Lipinski definition) is 1. The molecule has 0 saturated heterocycles. The average molecular weight is 256 g/mol. The first kappa shape index (κ1) is 13.5. The third-order valence-electron chi connectivity index (χ3n) is 2.18. The summed E-state index contributed by atoms with van der Waals surface area (Å²) in [6.07, 6.45) is -2.65. The Labute approximate surface area is 97.9 Å². The van der Waals surface area contributed by atoms with Gasteiger partial charge in [0.05, 0.1) is 6.61 Å². The average Bonchev–Trinajstić information content (AvgIpc) is 2.96. The number of hydrogen-bond acceptors (Lipinski definition) is 2. The molecule has 1 aliphatic carbocycles. The van der Waals surface area contributed by atoms with Gasteiger partial charge in [-0.2, -0.15) is 13.2 Å². The van der Waals surface area contributed by atoms with Gasteiger partial charge in [-0.25, -0.2) is 0 Å². The first-order valence-corrected chi connectivity index (χ1v) is 5.45. The summed E-state index contributed by atoms with van der Waals surface area (Å²) in [5, 5.41) is 2.92. The van der Waals surface area contributed by atoms with Crippen LogP contribution in [0, 0.1) is 0 Å². The van der Waals surface area contributed by atoms with E-state index < -0.39 is 12.7 Å². The molecule has 0 bridgehead atoms. The quantitative estimate of drug-likeness (QED) is 0.595. The molecule has 94 valence electrons. The fourth-order valence-electron chi connectivity index (χ4n) is 1.31. The summed E-state index contributed by atoms with van der Waals surface area (Å²) < 4.78 is 41.7. The Morgan fingerprint density at radius 3 is 2.56 bits per heavy atom. The lowest BCUT2D eigenvalue weighted by atomic mass is 10.5. The van der Waals surface area contributed by atoms with E-state index in [0.717, 1.165) is 12.8 Å². The molecule has 0 radical (unpaired) electrons. The Hall–Kier alpha value is -0.560. The van der Waals surface area contributed by atoms with Gasteiger partial charge in [0.2, 0.25) is 0 Å². The maximum absolute atomic E-state index is 12.3. The lowest BCUT2D eigenvalue weighted by Crippen LogP contribution is -2.46. The molecule has 3 nitrogen and oxygen atoms in total. The first-order valence-electron chi connectivity index (χ1n) is 5.04. The van der Waals surface area contributed by atoms with Crippen LogP contribution in [0.5, 0.6) is 0 Å². The number of rotatable bonds is 5. The monoisotopic (exact) mass is 256 g/mol. The number of nitrogens with zero attached hydrogens (tertiary/aromatic N) is 1. The van der Waals surface area contributed by atoms with Crippen LogP contribution in [-0.2, 0) is 4.74 Å². The third kappa shape index (κ3) is 4.98. The van der Waals surface area contributed by atoms with Crippen LogP contribution in [-0.4, -0.2) is 49.0 Å². The maximum atomic E-state index is 12.3. The maximum Gasteiger partial charge on any atom is 0.406 e. The van der Waals surface area contributed by atoms with Crippen LogP contribution in [0.15, 0.2) is 0 Å². The van der Waals surface area contributed by atoms with Gasteiger partial charge in [-0.15, -0.1) is 0 Å². The van der Waals surface area contributed by atoms with E-state index in [4.69, 9.17) is 17.0 Å². The highest BCUT2D eigenvalue weighted by atomic mass is 32.1. The molecule has 1 saturated carbocycles. The molecule has 16 heavy (non-hydrogen) atoms. The van der Waals surface area contributed by atoms with Gasteiger partial charge in [0.25, 0.3) is 0 Å². The second-order valence-electron chi connectivity index (χ2n) is 3.70. The molecule has 0 aromatic carbocycles. The second kappa shape index (κ2) is 5.67. The number of ether oxygens (including phenoxy) is 1. The predicted molar refractivity (Wildman–Crippen MR) is 58.3 cm³/mol. The highest BCUT2D eigenvalue weighted by Gasteiger charge is 2.39. The molecular weight excluding hydrogens is 241 g/mol. The van der Waals surface area contributed by atoms with Crippen LogP contribution in [0.2, 0.25) is 0 Å². The van der Waals surface area contributed by atoms with Crippen molar-refractivity contribution in [3.63, 3.8) is 0 Å². The molecule has 0 heterocycles. The number of methoxy groups -OCH3 is 1. The summed E-state index contributed by atoms with van der Waals surface area (Å²) in [6.45, 7) is -0.127. The molecule has 0 aromatic heterocycles. The molecule has 7 heteroatoms. The van der Waals surface area contributed by atoms with Gasteiger partial charge in [-0.05, 0) is 25.1 Å². The van der Waals surface area contributed by atoms with Crippen molar-refractivity contribution in [2.45, 2.75) is 25.1 Å². The minimum atomic E-state index is -4.21. The lowest BCUT2D eigenvalue weighted by molar-refractivity contribution is -0.138. The van der Waals surface area contributed by atoms with Crippen LogP contribution in [0.4, 0.5) is 13.2 Å². The largest absolute Gasteiger partial charge is 0.406 e. The van der Waals surface area contributed by atoms with Gasteiger partial charge in [0.15, 0.2) is 5.11 Å². The minimum Gasteiger partial charge on any atom is -0.383 e. The van der Waals surface area contributed by atoms with E-state index in [9.17, 15) is 13.2 Å². The summed E-state index contributed by atoms with van der Waals surface area (Å²) in [5.41, 5.74) is 0. The number of thiocarbonyl (C=S) groups is 1. The van der Waals surface area contributed by atoms with E-state index in [2.05, 4.69) is 5.32 Å². The van der Waals surface area contributed by atoms with Crippen molar-refractivity contribution in [2.24, 2.45) is 0 Å². The molecule has 1 aliphatic rings. The van der Waals surface area contributed by atoms with Gasteiger partial charge in [0, 0.05) is 19.7 Å². The fraction of sp³-hybridized carbons (Fsp3) is 0.889. The van der Waals surface area contributed by atoms with Crippen LogP contribution < -0.4 is 5.32 Å². The van der Waals surface area contributed by atoms with Gasteiger partial charge >= 0.3 is 6.18 Å². The topological polar surface area (TPSA) is 24.5 Å². The first-order chi connectivity index (χ1) is 7.44. The van der Waals surface area contributed by atoms with Crippen molar-refractivity contribution >= 4 is 17.3 Å². The fourth-order valence-corrected chi connectivity index (χ4v) is 1.62. The van der Waals surface area contributed by atoms with E-state index in [0.29, 0.717) is 13.2 Å². The summed E-state index contributed by atoms with van der Waals surface area (Å²) in [6, 6.07) is -0.0517. The zero-order valence-corrected chi connectivity index (χ0v) is 9.83. The van der Waals surface area contributed by atoms with E-state index in [-0.39, 0.29) is 11.2 Å². The second-order valence-corrected chi connectivity index (χ2v) is 4.09. The Kier molecular flexibility index (Phi) is 4.79. The zero-order chi connectivity index (χ0) is 12.2. The van der Waals surface area contributed by atoms with E-state index >= 15 is 0 Å². The van der Waals surface area contributed by atoms with E-state index in [1.807, 2.05) is 0 Å². The smallest absolute Gasteiger partial charge is 0.383 e. The van der Waals surface area contributed by atoms with Crippen LogP contribution in [0.1, 0.15) is 12.8 Å². The SMILES string of the molecule is COCCNC(=S)N(CC(F)(F)F)C1CC1. The zero-order valence-electron chi connectivity index (χ0n) is 9.01. The Balaban J connectivity index is 2.40. The standard InChI is InChI=1S/C9H15F3N2OS/c1-15-5-4-13-8(16)14(7-2-3-7)6-9(10,11)12/h7H,2-6H2,1H3,(H,13,16). The predicted octanol–water partition coefficient (Wildman–Crippen LogP) is 1.53. The normalized spacial score (nSPS) is 16.0. The number of halogens is 3. The van der Waals surface area contributed by atoms with Gasteiger partial charge in [0.1, 0.15) is 6.54 Å². The molecular formula is C9H15F3N2OS. The molecule has 0 amide bonds. The summed E-state index contributed by atoms with van der Waals surface area (Å²) in [7, 11) is 1.53. The molecule has 0 spiro atoms. The van der Waals surface area contributed by atoms with Gasteiger partial charge in [-0.3, -0.25) is 0 Å². The Morgan fingerprint density at radius 2 is 2.12 bits per heavy atom. The van der Waals surface area contributed by atoms with Crippen molar-refractivity contribution in [1.82, 2.24) is 10.2 Å². The van der Waals surface area contributed by atoms with Gasteiger partial charge < -0.3 is 15.0 Å². The van der Waals surface area contributed by atoms with Crippen molar-refractivity contribution in [3.8, 4) is 0 Å². The number of alkyl halides is 3. The van der Waals surface area contributed by atoms with Crippen LogP contribution in [0.3, 0.4) is 0 Å². The lowest BCUT2D eigenvalue weighted by Gasteiger charge is -2.26. The summed E-state index contributed by atoms with van der Waals surface area (Å²) in [5.74, 6) is 0. The van der Waals surface area contributed by atoms with Crippen molar-refractivity contribution in [3.05, 3.63) is 0 Å². The minimum absolute atomic E-state index is 0.0517. The van der Waals surface area contributed by atoms with Crippen LogP contribution >= 0.6 is 12.2 Å². The Morgan fingerprint density at radius 1 is 1.50 bits per heavy atom. The third-order valence-corrected chi connectivity index (χ3v) is 2.56. The molecule has 1 fully saturated rings. The van der Waals surface area contributed by atoms with Crippen LogP contribution in [0.25, 0.3) is 0 Å². The molecule has 1 N–H and O–H groups in total. The Bertz CT molecular complexity index is 243. The van der Waals surface area contributed by atoms with E-state index in [1.54, 1.807) is 0 Å². The van der Waals surface area contributed by atoms with Crippen molar-refractivity contribution in [2.75, 3.05) is 26.8 Å². The summed E-state index contributed by atoms with van der Waals surface area (Å²) >= 11 is 4.93. The highest BCUT2D eigenvalue weighted by molar-refractivity contribution is 7.80. The van der Waals surface area contributed by atoms with Crippen molar-refractivity contribution < 1.29 is 17.9 Å². The molecule has 0 unspecified atom stereocenters. The highest BCUT2D eigenvalue weighted by Crippen LogP contribution is 2.30. The summed E-state index contributed by atoms with van der Waals surface area (Å²) in [4.78, 5) is 1.21. The molecule has 0 atom stereocenters. The van der Waals surface area contributed by atoms with E-state index in [1.165, 1.54) is 12.0 Å². The molecule has 0 aromatic rings. The number of nitrogens with one attached hydrogen (secondary N) is 1. The molecule has 1 rings (SSSR count). The molecule has 0 aliphatic heterocycles.